The number of carbonyl (C=O) groups is 1. The number of aromatic nitrogens is 1. The quantitative estimate of drug-likeness (QED) is 0.788. The van der Waals surface area contributed by atoms with Gasteiger partial charge in [-0.05, 0) is 13.8 Å². The second-order valence-corrected chi connectivity index (χ2v) is 3.02. The third-order valence-corrected chi connectivity index (χ3v) is 2.13. The lowest BCUT2D eigenvalue weighted by molar-refractivity contribution is 0.201. The van der Waals surface area contributed by atoms with Gasteiger partial charge in [0, 0.05) is 25.9 Å². The summed E-state index contributed by atoms with van der Waals surface area (Å²) >= 11 is 0. The number of nitrogens with zero attached hydrogens (tertiary/aromatic N) is 1. The van der Waals surface area contributed by atoms with Crippen molar-refractivity contribution in [2.45, 2.75) is 20.4 Å². The molecule has 82 valence electrons. The van der Waals surface area contributed by atoms with Crippen LogP contribution in [0.4, 0.5) is 4.79 Å². The van der Waals surface area contributed by atoms with Gasteiger partial charge in [0.05, 0.1) is 5.69 Å². The smallest absolute Gasteiger partial charge is 0.404 e. The summed E-state index contributed by atoms with van der Waals surface area (Å²) in [6.45, 7) is 4.40. The molecular weight excluding hydrogens is 196 g/mol. The Balaban J connectivity index is 3.15. The molecule has 0 aliphatic carbocycles. The first-order chi connectivity index (χ1) is 7.10. The molecule has 1 aromatic heterocycles. The lowest BCUT2D eigenvalue weighted by Crippen LogP contribution is -2.26. The van der Waals surface area contributed by atoms with Crippen LogP contribution in [0.3, 0.4) is 0 Å². The fourth-order valence-electron chi connectivity index (χ4n) is 1.26. The van der Waals surface area contributed by atoms with Crippen LogP contribution in [0.2, 0.25) is 0 Å². The molecule has 1 rings (SSSR count). The van der Waals surface area contributed by atoms with Crippen molar-refractivity contribution in [1.29, 1.82) is 0 Å². The van der Waals surface area contributed by atoms with Gasteiger partial charge in [0.2, 0.25) is 5.43 Å². The fourth-order valence-corrected chi connectivity index (χ4v) is 1.26. The molecule has 0 aliphatic rings. The largest absolute Gasteiger partial charge is 0.412 e. The molecule has 1 heterocycles. The predicted molar refractivity (Wildman–Crippen MR) is 56.2 cm³/mol. The standard InChI is InChI=1S/C10H14N2O3/c1-4-12-6-5-8(13)9(7(12)2)15-10(14)11-3/h5-6H,4H2,1-3H3,(H,11,14). The van der Waals surface area contributed by atoms with E-state index in [4.69, 9.17) is 4.74 Å². The van der Waals surface area contributed by atoms with Crippen molar-refractivity contribution in [3.05, 3.63) is 28.2 Å². The summed E-state index contributed by atoms with van der Waals surface area (Å²) < 4.78 is 6.72. The zero-order valence-electron chi connectivity index (χ0n) is 9.03. The van der Waals surface area contributed by atoms with Crippen LogP contribution in [0.1, 0.15) is 12.6 Å². The summed E-state index contributed by atoms with van der Waals surface area (Å²) in [5.74, 6) is 0.0821. The van der Waals surface area contributed by atoms with Gasteiger partial charge in [0.1, 0.15) is 0 Å². The minimum absolute atomic E-state index is 0.0821. The predicted octanol–water partition coefficient (Wildman–Crippen LogP) is 0.895. The van der Waals surface area contributed by atoms with E-state index < -0.39 is 6.09 Å². The van der Waals surface area contributed by atoms with E-state index in [9.17, 15) is 9.59 Å². The monoisotopic (exact) mass is 210 g/mol. The van der Waals surface area contributed by atoms with Crippen LogP contribution in [-0.2, 0) is 6.54 Å². The van der Waals surface area contributed by atoms with Crippen LogP contribution in [0.25, 0.3) is 0 Å². The van der Waals surface area contributed by atoms with Crippen molar-refractivity contribution >= 4 is 6.09 Å². The maximum atomic E-state index is 11.4. The van der Waals surface area contributed by atoms with Crippen molar-refractivity contribution < 1.29 is 9.53 Å². The second-order valence-electron chi connectivity index (χ2n) is 3.02. The van der Waals surface area contributed by atoms with Crippen molar-refractivity contribution in [2.75, 3.05) is 7.05 Å². The lowest BCUT2D eigenvalue weighted by Gasteiger charge is -2.11. The first kappa shape index (κ1) is 11.3. The van der Waals surface area contributed by atoms with Crippen molar-refractivity contribution in [1.82, 2.24) is 9.88 Å². The lowest BCUT2D eigenvalue weighted by atomic mass is 10.3. The van der Waals surface area contributed by atoms with E-state index in [-0.39, 0.29) is 11.2 Å². The summed E-state index contributed by atoms with van der Waals surface area (Å²) in [5, 5.41) is 2.30. The Hall–Kier alpha value is -1.78. The summed E-state index contributed by atoms with van der Waals surface area (Å²) in [6.07, 6.45) is 1.04. The van der Waals surface area contributed by atoms with Gasteiger partial charge in [-0.15, -0.1) is 0 Å². The van der Waals surface area contributed by atoms with Gasteiger partial charge in [-0.25, -0.2) is 4.79 Å². The molecule has 0 aromatic carbocycles. The summed E-state index contributed by atoms with van der Waals surface area (Å²) in [5.41, 5.74) is 0.356. The average Bonchev–Trinajstić information content (AvgIpc) is 2.24. The molecule has 0 fully saturated rings. The number of amides is 1. The highest BCUT2D eigenvalue weighted by atomic mass is 16.6. The SMILES string of the molecule is CCn1ccc(=O)c(OC(=O)NC)c1C. The number of hydrogen-bond donors (Lipinski definition) is 1. The molecular formula is C10H14N2O3. The van der Waals surface area contributed by atoms with Crippen LogP contribution in [0.5, 0.6) is 5.75 Å². The molecule has 0 aliphatic heterocycles. The van der Waals surface area contributed by atoms with E-state index >= 15 is 0 Å². The summed E-state index contributed by atoms with van der Waals surface area (Å²) in [6, 6.07) is 1.38. The van der Waals surface area contributed by atoms with Crippen LogP contribution in [0, 0.1) is 6.92 Å². The van der Waals surface area contributed by atoms with Crippen molar-refractivity contribution in [3.63, 3.8) is 0 Å². The zero-order valence-corrected chi connectivity index (χ0v) is 9.03. The summed E-state index contributed by atoms with van der Waals surface area (Å²) in [4.78, 5) is 22.4. The number of hydrogen-bond acceptors (Lipinski definition) is 3. The Labute approximate surface area is 87.7 Å². The van der Waals surface area contributed by atoms with Gasteiger partial charge in [0.15, 0.2) is 5.75 Å². The molecule has 0 unspecified atom stereocenters. The van der Waals surface area contributed by atoms with E-state index in [0.717, 1.165) is 6.54 Å². The summed E-state index contributed by atoms with van der Waals surface area (Å²) in [7, 11) is 1.44. The highest BCUT2D eigenvalue weighted by Crippen LogP contribution is 2.11. The molecule has 0 spiro atoms. The Kier molecular flexibility index (Phi) is 3.49. The van der Waals surface area contributed by atoms with Crippen LogP contribution in [-0.4, -0.2) is 17.7 Å². The number of ether oxygens (including phenoxy) is 1. The van der Waals surface area contributed by atoms with E-state index in [1.165, 1.54) is 13.1 Å². The highest BCUT2D eigenvalue weighted by molar-refractivity contribution is 5.70. The van der Waals surface area contributed by atoms with Gasteiger partial charge in [-0.1, -0.05) is 0 Å². The third kappa shape index (κ3) is 2.37. The van der Waals surface area contributed by atoms with E-state index in [1.54, 1.807) is 13.1 Å². The third-order valence-electron chi connectivity index (χ3n) is 2.13. The topological polar surface area (TPSA) is 60.3 Å². The number of nitrogens with one attached hydrogen (secondary N) is 1. The molecule has 5 heteroatoms. The fraction of sp³-hybridized carbons (Fsp3) is 0.400. The minimum Gasteiger partial charge on any atom is -0.404 e. The van der Waals surface area contributed by atoms with Gasteiger partial charge >= 0.3 is 6.09 Å². The Morgan fingerprint density at radius 1 is 1.60 bits per heavy atom. The first-order valence-corrected chi connectivity index (χ1v) is 4.69. The number of aryl methyl sites for hydroxylation is 1. The minimum atomic E-state index is -0.635. The van der Waals surface area contributed by atoms with Crippen molar-refractivity contribution in [2.24, 2.45) is 0 Å². The molecule has 1 amide bonds. The number of pyridine rings is 1. The zero-order chi connectivity index (χ0) is 11.4. The molecule has 0 saturated heterocycles. The van der Waals surface area contributed by atoms with Crippen LogP contribution >= 0.6 is 0 Å². The molecule has 0 bridgehead atoms. The van der Waals surface area contributed by atoms with Gasteiger partial charge in [-0.2, -0.15) is 0 Å². The molecule has 0 atom stereocenters. The Morgan fingerprint density at radius 2 is 2.27 bits per heavy atom. The Morgan fingerprint density at radius 3 is 2.80 bits per heavy atom. The molecule has 5 nitrogen and oxygen atoms in total. The molecule has 1 aromatic rings. The second kappa shape index (κ2) is 4.63. The van der Waals surface area contributed by atoms with Crippen LogP contribution in [0.15, 0.2) is 17.1 Å². The maximum Gasteiger partial charge on any atom is 0.412 e. The van der Waals surface area contributed by atoms with Gasteiger partial charge < -0.3 is 14.6 Å². The normalized spacial score (nSPS) is 9.80. The van der Waals surface area contributed by atoms with Crippen LogP contribution < -0.4 is 15.5 Å². The molecule has 15 heavy (non-hydrogen) atoms. The molecule has 0 saturated carbocycles. The maximum absolute atomic E-state index is 11.4. The van der Waals surface area contributed by atoms with E-state index in [1.807, 2.05) is 11.5 Å². The van der Waals surface area contributed by atoms with Crippen molar-refractivity contribution in [3.8, 4) is 5.75 Å². The average molecular weight is 210 g/mol. The van der Waals surface area contributed by atoms with E-state index in [0.29, 0.717) is 5.69 Å². The number of carbonyl (C=O) groups excluding carboxylic acids is 1. The van der Waals surface area contributed by atoms with Gasteiger partial charge in [0.25, 0.3) is 0 Å². The highest BCUT2D eigenvalue weighted by Gasteiger charge is 2.11. The van der Waals surface area contributed by atoms with E-state index in [2.05, 4.69) is 5.32 Å². The molecule has 0 radical (unpaired) electrons. The van der Waals surface area contributed by atoms with Gasteiger partial charge in [-0.3, -0.25) is 4.79 Å². The number of rotatable bonds is 2. The molecule has 1 N–H and O–H groups in total. The first-order valence-electron chi connectivity index (χ1n) is 4.69. The Bertz CT molecular complexity index is 423.